The summed E-state index contributed by atoms with van der Waals surface area (Å²) in [7, 11) is 0. The number of hydrogen-bond acceptors (Lipinski definition) is 3. The molecule has 3 aromatic rings. The van der Waals surface area contributed by atoms with Gasteiger partial charge in [-0.2, -0.15) is 0 Å². The lowest BCUT2D eigenvalue weighted by Gasteiger charge is -2.10. The van der Waals surface area contributed by atoms with E-state index < -0.39 is 0 Å². The van der Waals surface area contributed by atoms with Crippen LogP contribution in [-0.4, -0.2) is 6.61 Å². The third kappa shape index (κ3) is 5.43. The fourth-order valence-corrected chi connectivity index (χ4v) is 2.79. The van der Waals surface area contributed by atoms with Crippen molar-refractivity contribution in [2.45, 2.75) is 20.1 Å². The van der Waals surface area contributed by atoms with Crippen molar-refractivity contribution in [2.24, 2.45) is 0 Å². The largest absolute Gasteiger partial charge is 0.494 e. The first-order chi connectivity index (χ1) is 12.7. The minimum atomic E-state index is 0.496. The Hall–Kier alpha value is -2.65. The maximum Gasteiger partial charge on any atom is 0.120 e. The number of hydrogen-bond donors (Lipinski definition) is 1. The molecule has 0 aliphatic rings. The lowest BCUT2D eigenvalue weighted by molar-refractivity contribution is 0.306. The molecule has 0 bridgehead atoms. The van der Waals surface area contributed by atoms with E-state index in [2.05, 4.69) is 11.4 Å². The molecule has 1 N–H and O–H groups in total. The van der Waals surface area contributed by atoms with Crippen LogP contribution in [0.3, 0.4) is 0 Å². The van der Waals surface area contributed by atoms with Crippen LogP contribution < -0.4 is 14.8 Å². The number of nitrogens with one attached hydrogen (secondary N) is 1. The van der Waals surface area contributed by atoms with Crippen LogP contribution in [-0.2, 0) is 13.2 Å². The molecule has 0 aliphatic carbocycles. The van der Waals surface area contributed by atoms with Crippen LogP contribution in [0.25, 0.3) is 0 Å². The van der Waals surface area contributed by atoms with Gasteiger partial charge in [0.15, 0.2) is 0 Å². The van der Waals surface area contributed by atoms with Crippen molar-refractivity contribution < 1.29 is 9.47 Å². The van der Waals surface area contributed by atoms with Gasteiger partial charge in [0.05, 0.1) is 6.61 Å². The average molecular weight is 368 g/mol. The molecule has 0 heterocycles. The van der Waals surface area contributed by atoms with E-state index in [1.165, 1.54) is 0 Å². The summed E-state index contributed by atoms with van der Waals surface area (Å²) in [4.78, 5) is 0. The summed E-state index contributed by atoms with van der Waals surface area (Å²) < 4.78 is 11.3. The van der Waals surface area contributed by atoms with E-state index in [1.54, 1.807) is 0 Å². The maximum absolute atomic E-state index is 6.01. The van der Waals surface area contributed by atoms with Crippen molar-refractivity contribution in [1.29, 1.82) is 0 Å². The van der Waals surface area contributed by atoms with Crippen molar-refractivity contribution >= 4 is 17.3 Å². The number of halogens is 1. The minimum Gasteiger partial charge on any atom is -0.494 e. The van der Waals surface area contributed by atoms with Crippen LogP contribution in [0.5, 0.6) is 11.5 Å². The third-order valence-corrected chi connectivity index (χ3v) is 4.09. The number of ether oxygens (including phenoxy) is 2. The molecule has 0 atom stereocenters. The molecule has 0 amide bonds. The molecule has 0 spiro atoms. The summed E-state index contributed by atoms with van der Waals surface area (Å²) in [5.74, 6) is 1.73. The van der Waals surface area contributed by atoms with Gasteiger partial charge in [-0.1, -0.05) is 35.9 Å². The monoisotopic (exact) mass is 367 g/mol. The molecule has 0 saturated carbocycles. The first-order valence-corrected chi connectivity index (χ1v) is 9.03. The normalized spacial score (nSPS) is 10.4. The van der Waals surface area contributed by atoms with E-state index in [9.17, 15) is 0 Å². The van der Waals surface area contributed by atoms with Crippen LogP contribution in [0.1, 0.15) is 18.1 Å². The van der Waals surface area contributed by atoms with Crippen molar-refractivity contribution in [3.63, 3.8) is 0 Å². The minimum absolute atomic E-state index is 0.496. The Morgan fingerprint density at radius 2 is 1.58 bits per heavy atom. The van der Waals surface area contributed by atoms with Gasteiger partial charge in [-0.15, -0.1) is 0 Å². The summed E-state index contributed by atoms with van der Waals surface area (Å²) in [6, 6.07) is 23.8. The van der Waals surface area contributed by atoms with Crippen LogP contribution >= 0.6 is 11.6 Å². The Kier molecular flexibility index (Phi) is 6.39. The predicted octanol–water partition coefficient (Wildman–Crippen LogP) is 5.93. The Morgan fingerprint density at radius 1 is 0.808 bits per heavy atom. The lowest BCUT2D eigenvalue weighted by Crippen LogP contribution is -2.01. The number of anilines is 1. The Balaban J connectivity index is 1.55. The van der Waals surface area contributed by atoms with Gasteiger partial charge in [0, 0.05) is 17.3 Å². The fraction of sp³-hybridized carbons (Fsp3) is 0.182. The van der Waals surface area contributed by atoms with Crippen LogP contribution in [0.4, 0.5) is 5.69 Å². The van der Waals surface area contributed by atoms with Gasteiger partial charge < -0.3 is 14.8 Å². The molecule has 3 rings (SSSR count). The second-order valence-corrected chi connectivity index (χ2v) is 6.31. The molecule has 3 nitrogen and oxygen atoms in total. The van der Waals surface area contributed by atoms with E-state index in [0.29, 0.717) is 13.2 Å². The summed E-state index contributed by atoms with van der Waals surface area (Å²) >= 11 is 6.01. The van der Waals surface area contributed by atoms with E-state index >= 15 is 0 Å². The highest BCUT2D eigenvalue weighted by molar-refractivity contribution is 6.30. The average Bonchev–Trinajstić information content (AvgIpc) is 2.67. The molecule has 0 aromatic heterocycles. The number of rotatable bonds is 8. The van der Waals surface area contributed by atoms with Gasteiger partial charge in [0.2, 0.25) is 0 Å². The van der Waals surface area contributed by atoms with Gasteiger partial charge >= 0.3 is 0 Å². The summed E-state index contributed by atoms with van der Waals surface area (Å²) in [6.45, 7) is 3.88. The fourth-order valence-electron chi connectivity index (χ4n) is 2.58. The van der Waals surface area contributed by atoms with Gasteiger partial charge in [0.25, 0.3) is 0 Å². The predicted molar refractivity (Wildman–Crippen MR) is 107 cm³/mol. The summed E-state index contributed by atoms with van der Waals surface area (Å²) in [5.41, 5.74) is 3.26. The zero-order valence-electron chi connectivity index (χ0n) is 14.7. The zero-order valence-corrected chi connectivity index (χ0v) is 15.5. The topological polar surface area (TPSA) is 30.5 Å². The molecule has 4 heteroatoms. The first kappa shape index (κ1) is 18.2. The molecule has 0 radical (unpaired) electrons. The molecular weight excluding hydrogens is 346 g/mol. The third-order valence-electron chi connectivity index (χ3n) is 3.85. The standard InChI is InChI=1S/C22H22ClNO2/c1-2-25-21-11-9-20(10-12-21)24-15-17-5-4-8-22(14-17)26-16-18-6-3-7-19(23)13-18/h3-14,24H,2,15-16H2,1H3. The molecule has 0 unspecified atom stereocenters. The van der Waals surface area contributed by atoms with Gasteiger partial charge in [-0.25, -0.2) is 0 Å². The highest BCUT2D eigenvalue weighted by atomic mass is 35.5. The second kappa shape index (κ2) is 9.16. The van der Waals surface area contributed by atoms with E-state index in [4.69, 9.17) is 21.1 Å². The molecular formula is C22H22ClNO2. The first-order valence-electron chi connectivity index (χ1n) is 8.66. The summed E-state index contributed by atoms with van der Waals surface area (Å²) in [5, 5.41) is 4.13. The SMILES string of the molecule is CCOc1ccc(NCc2cccc(OCc3cccc(Cl)c3)c2)cc1. The maximum atomic E-state index is 6.01. The van der Waals surface area contributed by atoms with E-state index in [-0.39, 0.29) is 0 Å². The number of benzene rings is 3. The molecule has 0 saturated heterocycles. The molecule has 26 heavy (non-hydrogen) atoms. The van der Waals surface area contributed by atoms with E-state index in [0.717, 1.165) is 39.9 Å². The van der Waals surface area contributed by atoms with Crippen molar-refractivity contribution in [3.8, 4) is 11.5 Å². The second-order valence-electron chi connectivity index (χ2n) is 5.88. The molecule has 3 aromatic carbocycles. The highest BCUT2D eigenvalue weighted by Crippen LogP contribution is 2.19. The van der Waals surface area contributed by atoms with Gasteiger partial charge in [-0.05, 0) is 66.6 Å². The van der Waals surface area contributed by atoms with Crippen LogP contribution in [0.15, 0.2) is 72.8 Å². The van der Waals surface area contributed by atoms with Crippen LogP contribution in [0.2, 0.25) is 5.02 Å². The Bertz CT molecular complexity index is 834. The molecule has 134 valence electrons. The molecule has 0 aliphatic heterocycles. The van der Waals surface area contributed by atoms with Crippen molar-refractivity contribution in [1.82, 2.24) is 0 Å². The lowest BCUT2D eigenvalue weighted by atomic mass is 10.2. The van der Waals surface area contributed by atoms with Gasteiger partial charge in [-0.3, -0.25) is 0 Å². The zero-order chi connectivity index (χ0) is 18.2. The summed E-state index contributed by atoms with van der Waals surface area (Å²) in [6.07, 6.45) is 0. The van der Waals surface area contributed by atoms with E-state index in [1.807, 2.05) is 73.7 Å². The quantitative estimate of drug-likeness (QED) is 0.535. The Morgan fingerprint density at radius 3 is 2.35 bits per heavy atom. The Labute approximate surface area is 159 Å². The smallest absolute Gasteiger partial charge is 0.120 e. The van der Waals surface area contributed by atoms with Crippen molar-refractivity contribution in [3.05, 3.63) is 88.9 Å². The van der Waals surface area contributed by atoms with Gasteiger partial charge in [0.1, 0.15) is 18.1 Å². The van der Waals surface area contributed by atoms with Crippen LogP contribution in [0, 0.1) is 0 Å². The molecule has 0 fully saturated rings. The van der Waals surface area contributed by atoms with Crippen molar-refractivity contribution in [2.75, 3.05) is 11.9 Å². The highest BCUT2D eigenvalue weighted by Gasteiger charge is 2.00.